The summed E-state index contributed by atoms with van der Waals surface area (Å²) < 4.78 is 24.6. The lowest BCUT2D eigenvalue weighted by atomic mass is 9.91. The number of ether oxygens (including phenoxy) is 2. The minimum absolute atomic E-state index is 0.0191. The Labute approximate surface area is 151 Å². The zero-order valence-electron chi connectivity index (χ0n) is 15.3. The number of methoxy groups -OCH3 is 2. The Morgan fingerprint density at radius 2 is 1.77 bits per heavy atom. The molecule has 0 fully saturated rings. The highest BCUT2D eigenvalue weighted by atomic mass is 19.1. The van der Waals surface area contributed by atoms with Crippen LogP contribution in [0.2, 0.25) is 0 Å². The van der Waals surface area contributed by atoms with E-state index in [1.54, 1.807) is 12.1 Å². The summed E-state index contributed by atoms with van der Waals surface area (Å²) >= 11 is 0. The molecule has 0 amide bonds. The van der Waals surface area contributed by atoms with Gasteiger partial charge < -0.3 is 9.47 Å². The normalized spacial score (nSPS) is 13.1. The molecule has 0 unspecified atom stereocenters. The van der Waals surface area contributed by atoms with Crippen LogP contribution in [-0.4, -0.2) is 26.0 Å². The van der Waals surface area contributed by atoms with E-state index >= 15 is 0 Å². The Morgan fingerprint density at radius 3 is 2.38 bits per heavy atom. The van der Waals surface area contributed by atoms with Crippen molar-refractivity contribution in [2.75, 3.05) is 14.2 Å². The first-order valence-electron chi connectivity index (χ1n) is 8.53. The molecule has 1 aliphatic carbocycles. The Hall–Kier alpha value is -2.69. The number of fused-ring (bicyclic) bond motifs is 1. The van der Waals surface area contributed by atoms with Gasteiger partial charge in [-0.2, -0.15) is 0 Å². The van der Waals surface area contributed by atoms with Crippen molar-refractivity contribution in [2.45, 2.75) is 32.6 Å². The number of hydrogen-bond donors (Lipinski definition) is 0. The largest absolute Gasteiger partial charge is 0.496 e. The summed E-state index contributed by atoms with van der Waals surface area (Å²) in [5.74, 6) is -0.569. The zero-order chi connectivity index (χ0) is 19.0. The van der Waals surface area contributed by atoms with Crippen LogP contribution in [0.3, 0.4) is 0 Å². The second-order valence-electron chi connectivity index (χ2n) is 6.70. The van der Waals surface area contributed by atoms with E-state index in [2.05, 4.69) is 0 Å². The number of rotatable bonds is 4. The molecule has 1 aliphatic rings. The minimum Gasteiger partial charge on any atom is -0.496 e. The Balaban J connectivity index is 2.31. The number of ketones is 1. The van der Waals surface area contributed by atoms with E-state index in [1.165, 1.54) is 20.3 Å². The second-order valence-corrected chi connectivity index (χ2v) is 6.70. The van der Waals surface area contributed by atoms with E-state index in [4.69, 9.17) is 9.47 Å². The number of aryl methyl sites for hydroxylation is 1. The summed E-state index contributed by atoms with van der Waals surface area (Å²) in [7, 11) is 2.75. The van der Waals surface area contributed by atoms with Gasteiger partial charge >= 0.3 is 5.97 Å². The first-order chi connectivity index (χ1) is 12.4. The third-order valence-electron chi connectivity index (χ3n) is 4.80. The molecule has 26 heavy (non-hydrogen) atoms. The van der Waals surface area contributed by atoms with Crippen molar-refractivity contribution in [1.82, 2.24) is 0 Å². The fourth-order valence-electron chi connectivity index (χ4n) is 3.39. The van der Waals surface area contributed by atoms with Crippen LogP contribution in [0.15, 0.2) is 24.3 Å². The van der Waals surface area contributed by atoms with Gasteiger partial charge in [0.05, 0.1) is 19.8 Å². The number of halogens is 1. The van der Waals surface area contributed by atoms with Crippen LogP contribution in [0, 0.1) is 5.82 Å². The van der Waals surface area contributed by atoms with Crippen molar-refractivity contribution in [2.24, 2.45) is 0 Å². The Bertz CT molecular complexity index is 899. The summed E-state index contributed by atoms with van der Waals surface area (Å²) in [4.78, 5) is 24.4. The first kappa shape index (κ1) is 18.1. The lowest BCUT2D eigenvalue weighted by Gasteiger charge is -2.17. The van der Waals surface area contributed by atoms with Crippen LogP contribution in [0.5, 0.6) is 5.75 Å². The number of hydrogen-bond acceptors (Lipinski definition) is 4. The average molecular weight is 356 g/mol. The van der Waals surface area contributed by atoms with E-state index in [-0.39, 0.29) is 23.1 Å². The molecule has 2 aromatic carbocycles. The van der Waals surface area contributed by atoms with Crippen LogP contribution in [0.1, 0.15) is 58.0 Å². The molecule has 0 heterocycles. The van der Waals surface area contributed by atoms with Gasteiger partial charge in [0.15, 0.2) is 5.78 Å². The fourth-order valence-corrected chi connectivity index (χ4v) is 3.39. The van der Waals surface area contributed by atoms with Crippen molar-refractivity contribution in [1.29, 1.82) is 0 Å². The highest BCUT2D eigenvalue weighted by molar-refractivity contribution is 6.06. The monoisotopic (exact) mass is 356 g/mol. The minimum atomic E-state index is -0.542. The molecule has 0 saturated heterocycles. The number of benzene rings is 2. The Kier molecular flexibility index (Phi) is 4.81. The van der Waals surface area contributed by atoms with Crippen LogP contribution in [0.4, 0.5) is 4.39 Å². The van der Waals surface area contributed by atoms with Gasteiger partial charge in [-0.1, -0.05) is 13.8 Å². The molecular formula is C21H21FO4. The van der Waals surface area contributed by atoms with Gasteiger partial charge in [0, 0.05) is 29.2 Å². The van der Waals surface area contributed by atoms with E-state index in [9.17, 15) is 14.0 Å². The third kappa shape index (κ3) is 2.98. The van der Waals surface area contributed by atoms with E-state index in [0.717, 1.165) is 5.56 Å². The van der Waals surface area contributed by atoms with Gasteiger partial charge in [-0.3, -0.25) is 4.79 Å². The van der Waals surface area contributed by atoms with Gasteiger partial charge in [-0.25, -0.2) is 9.18 Å². The molecule has 0 atom stereocenters. The lowest BCUT2D eigenvalue weighted by molar-refractivity contribution is 0.0601. The molecule has 4 nitrogen and oxygen atoms in total. The number of carbonyl (C=O) groups excluding carboxylic acids is 2. The summed E-state index contributed by atoms with van der Waals surface area (Å²) in [5, 5.41) is 0. The molecule has 0 aliphatic heterocycles. The molecular weight excluding hydrogens is 335 g/mol. The van der Waals surface area contributed by atoms with Gasteiger partial charge in [0.25, 0.3) is 0 Å². The Morgan fingerprint density at radius 1 is 1.04 bits per heavy atom. The van der Waals surface area contributed by atoms with Gasteiger partial charge in [-0.15, -0.1) is 0 Å². The van der Waals surface area contributed by atoms with Crippen molar-refractivity contribution in [3.05, 3.63) is 52.3 Å². The maximum Gasteiger partial charge on any atom is 0.338 e. The van der Waals surface area contributed by atoms with E-state index < -0.39 is 5.97 Å². The van der Waals surface area contributed by atoms with E-state index in [0.29, 0.717) is 40.8 Å². The highest BCUT2D eigenvalue weighted by Crippen LogP contribution is 2.39. The summed E-state index contributed by atoms with van der Waals surface area (Å²) in [6.07, 6.45) is 1.06. The van der Waals surface area contributed by atoms with Crippen molar-refractivity contribution >= 4 is 11.8 Å². The highest BCUT2D eigenvalue weighted by Gasteiger charge is 2.26. The molecule has 3 rings (SSSR count). The number of Topliss-reactive ketones (excluding diaryl/α,β-unsaturated/α-hetero) is 1. The first-order valence-corrected chi connectivity index (χ1v) is 8.53. The predicted molar refractivity (Wildman–Crippen MR) is 96.5 cm³/mol. The van der Waals surface area contributed by atoms with Crippen LogP contribution >= 0.6 is 0 Å². The maximum absolute atomic E-state index is 14.4. The van der Waals surface area contributed by atoms with Gasteiger partial charge in [0.1, 0.15) is 11.6 Å². The maximum atomic E-state index is 14.4. The third-order valence-corrected chi connectivity index (χ3v) is 4.80. The van der Waals surface area contributed by atoms with Crippen molar-refractivity contribution in [3.63, 3.8) is 0 Å². The zero-order valence-corrected chi connectivity index (χ0v) is 15.3. The smallest absolute Gasteiger partial charge is 0.338 e. The van der Waals surface area contributed by atoms with Crippen LogP contribution < -0.4 is 4.74 Å². The van der Waals surface area contributed by atoms with E-state index in [1.807, 2.05) is 19.9 Å². The molecule has 0 aromatic heterocycles. The molecule has 5 heteroatoms. The van der Waals surface area contributed by atoms with Crippen molar-refractivity contribution in [3.8, 4) is 16.9 Å². The standard InChI is InChI=1S/C21H21FO4/c1-11(2)13-8-16(20(25-3)10-18(13)22)15-7-12-5-6-19(23)14(12)9-17(15)21(24)26-4/h7-11H,5-6H2,1-4H3. The molecule has 0 bridgehead atoms. The van der Waals surface area contributed by atoms with Gasteiger partial charge in [0.2, 0.25) is 0 Å². The summed E-state index contributed by atoms with van der Waals surface area (Å²) in [6, 6.07) is 6.46. The van der Waals surface area contributed by atoms with Crippen molar-refractivity contribution < 1.29 is 23.5 Å². The molecule has 0 N–H and O–H groups in total. The average Bonchev–Trinajstić information content (AvgIpc) is 2.99. The number of carbonyl (C=O) groups is 2. The number of esters is 1. The van der Waals surface area contributed by atoms with Gasteiger partial charge in [-0.05, 0) is 41.7 Å². The lowest BCUT2D eigenvalue weighted by Crippen LogP contribution is -2.07. The van der Waals surface area contributed by atoms with Crippen LogP contribution in [-0.2, 0) is 11.2 Å². The summed E-state index contributed by atoms with van der Waals surface area (Å²) in [6.45, 7) is 3.80. The molecule has 2 aromatic rings. The molecule has 0 radical (unpaired) electrons. The predicted octanol–water partition coefficient (Wildman–Crippen LogP) is 4.54. The fraction of sp³-hybridized carbons (Fsp3) is 0.333. The molecule has 0 saturated carbocycles. The van der Waals surface area contributed by atoms with Crippen LogP contribution in [0.25, 0.3) is 11.1 Å². The summed E-state index contributed by atoms with van der Waals surface area (Å²) in [5.41, 5.74) is 3.45. The SMILES string of the molecule is COC(=O)c1cc2c(cc1-c1cc(C(C)C)c(F)cc1OC)CCC2=O. The molecule has 0 spiro atoms. The molecule has 136 valence electrons. The quantitative estimate of drug-likeness (QED) is 0.755. The second kappa shape index (κ2) is 6.90. The topological polar surface area (TPSA) is 52.6 Å².